The summed E-state index contributed by atoms with van der Waals surface area (Å²) in [7, 11) is -3.65. The summed E-state index contributed by atoms with van der Waals surface area (Å²) in [6.07, 6.45) is 3.82. The van der Waals surface area contributed by atoms with Gasteiger partial charge in [0.1, 0.15) is 6.20 Å². The Balaban J connectivity index is 0.000000223. The maximum absolute atomic E-state index is 12.5. The molecular weight excluding hydrogens is 584 g/mol. The summed E-state index contributed by atoms with van der Waals surface area (Å²) in [6, 6.07) is 13.6. The van der Waals surface area contributed by atoms with Crippen LogP contribution in [0.15, 0.2) is 65.8 Å². The Labute approximate surface area is 257 Å². The third-order valence-corrected chi connectivity index (χ3v) is 9.18. The first-order valence-corrected chi connectivity index (χ1v) is 16.1. The van der Waals surface area contributed by atoms with Crippen LogP contribution in [0.2, 0.25) is 0 Å². The van der Waals surface area contributed by atoms with Crippen molar-refractivity contribution in [1.82, 2.24) is 19.8 Å². The molecule has 2 fully saturated rings. The van der Waals surface area contributed by atoms with Crippen LogP contribution in [0, 0.1) is 10.1 Å². The van der Waals surface area contributed by atoms with Crippen molar-refractivity contribution in [2.75, 3.05) is 30.9 Å². The quantitative estimate of drug-likeness (QED) is 0.267. The van der Waals surface area contributed by atoms with Gasteiger partial charge in [-0.05, 0) is 41.8 Å². The molecule has 0 aliphatic carbocycles. The second-order valence-electron chi connectivity index (χ2n) is 11.2. The van der Waals surface area contributed by atoms with Gasteiger partial charge in [0.15, 0.2) is 0 Å². The average molecular weight is 623 g/mol. The first-order valence-electron chi connectivity index (χ1n) is 14.7. The Kier molecular flexibility index (Phi) is 10.3. The Morgan fingerprint density at radius 2 is 1.36 bits per heavy atom. The summed E-state index contributed by atoms with van der Waals surface area (Å²) in [6.45, 7) is 10.5. The van der Waals surface area contributed by atoms with Crippen molar-refractivity contribution < 1.29 is 22.9 Å². The van der Waals surface area contributed by atoms with E-state index in [1.165, 1.54) is 18.5 Å². The Hall–Kier alpha value is -4.39. The molecule has 2 aromatic heterocycles. The van der Waals surface area contributed by atoms with Gasteiger partial charge in [0.05, 0.1) is 21.7 Å². The number of rotatable bonds is 9. The molecule has 1 aromatic carbocycles. The van der Waals surface area contributed by atoms with E-state index in [-0.39, 0.29) is 34.2 Å². The first-order chi connectivity index (χ1) is 20.9. The number of sulfonamides is 1. The number of carbonyl (C=O) groups is 2. The standard InChI is InChI=1S/C20H25N3O3S.C11H13N3O3/c1-4-20(24)23-12-16(13-23)19-10-7-17(11-21-19)22-27(25,26)18-8-5-15(6-9-18)14(2)3;1-2-11(15)13-6-8(7-13)10-4-3-9(5-12-10)14(16)17/h5-11,14,16,22H,4,12-13H2,1-3H3;3-5,8H,2,6-7H2,1H3. The summed E-state index contributed by atoms with van der Waals surface area (Å²) in [4.78, 5) is 45.2. The van der Waals surface area contributed by atoms with E-state index in [4.69, 9.17) is 0 Å². The molecule has 234 valence electrons. The zero-order valence-corrected chi connectivity index (χ0v) is 26.2. The molecule has 12 nitrogen and oxygen atoms in total. The summed E-state index contributed by atoms with van der Waals surface area (Å²) in [5.74, 6) is 1.07. The number of nitrogens with zero attached hydrogens (tertiary/aromatic N) is 5. The minimum Gasteiger partial charge on any atom is -0.341 e. The number of benzene rings is 1. The molecule has 13 heteroatoms. The van der Waals surface area contributed by atoms with Crippen molar-refractivity contribution in [2.24, 2.45) is 0 Å². The topological polar surface area (TPSA) is 156 Å². The molecule has 5 rings (SSSR count). The van der Waals surface area contributed by atoms with Gasteiger partial charge in [0, 0.05) is 68.3 Å². The number of nitrogens with one attached hydrogen (secondary N) is 1. The smallest absolute Gasteiger partial charge is 0.287 e. The van der Waals surface area contributed by atoms with E-state index in [0.29, 0.717) is 50.6 Å². The number of carbonyl (C=O) groups excluding carboxylic acids is 2. The fourth-order valence-electron chi connectivity index (χ4n) is 4.89. The van der Waals surface area contributed by atoms with Gasteiger partial charge >= 0.3 is 0 Å². The van der Waals surface area contributed by atoms with Crippen molar-refractivity contribution in [2.45, 2.75) is 63.2 Å². The molecule has 0 bridgehead atoms. The lowest BCUT2D eigenvalue weighted by molar-refractivity contribution is -0.385. The zero-order chi connectivity index (χ0) is 32.0. The fraction of sp³-hybridized carbons (Fsp3) is 0.419. The lowest BCUT2D eigenvalue weighted by atomic mass is 9.95. The van der Waals surface area contributed by atoms with E-state index >= 15 is 0 Å². The van der Waals surface area contributed by atoms with Crippen LogP contribution in [-0.2, 0) is 19.6 Å². The summed E-state index contributed by atoms with van der Waals surface area (Å²) in [5, 5.41) is 10.5. The van der Waals surface area contributed by atoms with Gasteiger partial charge in [-0.3, -0.25) is 34.4 Å². The van der Waals surface area contributed by atoms with E-state index in [1.54, 1.807) is 29.2 Å². The van der Waals surface area contributed by atoms with E-state index in [2.05, 4.69) is 28.5 Å². The third-order valence-electron chi connectivity index (χ3n) is 7.79. The van der Waals surface area contributed by atoms with Gasteiger partial charge in [-0.1, -0.05) is 39.8 Å². The number of aromatic nitrogens is 2. The Bertz CT molecular complexity index is 1570. The van der Waals surface area contributed by atoms with Crippen LogP contribution in [0.25, 0.3) is 0 Å². The molecule has 0 spiro atoms. The predicted molar refractivity (Wildman–Crippen MR) is 166 cm³/mol. The molecule has 2 amide bonds. The highest BCUT2D eigenvalue weighted by molar-refractivity contribution is 7.92. The van der Waals surface area contributed by atoms with Crippen LogP contribution in [0.5, 0.6) is 0 Å². The molecular formula is C31H38N6O6S. The third kappa shape index (κ3) is 7.76. The van der Waals surface area contributed by atoms with Gasteiger partial charge in [-0.2, -0.15) is 0 Å². The molecule has 2 aliphatic rings. The first kappa shape index (κ1) is 32.5. The number of likely N-dealkylation sites (tertiary alicyclic amines) is 2. The average Bonchev–Trinajstić information content (AvgIpc) is 2.96. The van der Waals surface area contributed by atoms with Crippen molar-refractivity contribution >= 4 is 33.2 Å². The summed E-state index contributed by atoms with van der Waals surface area (Å²) in [5.41, 5.74) is 3.20. The van der Waals surface area contributed by atoms with E-state index < -0.39 is 14.9 Å². The number of anilines is 1. The van der Waals surface area contributed by atoms with Gasteiger partial charge in [-0.15, -0.1) is 0 Å². The van der Waals surface area contributed by atoms with E-state index in [0.717, 1.165) is 17.0 Å². The van der Waals surface area contributed by atoms with E-state index in [9.17, 15) is 28.1 Å². The van der Waals surface area contributed by atoms with Crippen molar-refractivity contribution in [1.29, 1.82) is 0 Å². The summed E-state index contributed by atoms with van der Waals surface area (Å²) >= 11 is 0. The number of hydrogen-bond donors (Lipinski definition) is 1. The van der Waals surface area contributed by atoms with Crippen LogP contribution in [0.3, 0.4) is 0 Å². The van der Waals surface area contributed by atoms with Gasteiger partial charge < -0.3 is 9.80 Å². The van der Waals surface area contributed by atoms with Gasteiger partial charge in [0.2, 0.25) is 11.8 Å². The van der Waals surface area contributed by atoms with E-state index in [1.807, 2.05) is 36.9 Å². The monoisotopic (exact) mass is 622 g/mol. The maximum atomic E-state index is 12.5. The minimum atomic E-state index is -3.65. The molecule has 4 heterocycles. The molecule has 2 aliphatic heterocycles. The lowest BCUT2D eigenvalue weighted by Crippen LogP contribution is -2.48. The normalized spacial score (nSPS) is 15.1. The molecule has 0 unspecified atom stereocenters. The lowest BCUT2D eigenvalue weighted by Gasteiger charge is -2.38. The number of amides is 2. The second-order valence-corrected chi connectivity index (χ2v) is 12.9. The van der Waals surface area contributed by atoms with Crippen molar-refractivity contribution in [3.05, 3.63) is 88.0 Å². The molecule has 0 radical (unpaired) electrons. The highest BCUT2D eigenvalue weighted by Crippen LogP contribution is 2.28. The van der Waals surface area contributed by atoms with Crippen LogP contribution in [-0.4, -0.2) is 71.1 Å². The number of hydrogen-bond acceptors (Lipinski definition) is 8. The van der Waals surface area contributed by atoms with Gasteiger partial charge in [0.25, 0.3) is 15.7 Å². The molecule has 0 saturated carbocycles. The van der Waals surface area contributed by atoms with Crippen LogP contribution in [0.1, 0.15) is 75.2 Å². The van der Waals surface area contributed by atoms with Crippen molar-refractivity contribution in [3.8, 4) is 0 Å². The number of pyridine rings is 2. The Morgan fingerprint density at radius 1 is 0.864 bits per heavy atom. The maximum Gasteiger partial charge on any atom is 0.287 e. The highest BCUT2D eigenvalue weighted by atomic mass is 32.2. The SMILES string of the molecule is CCC(=O)N1CC(c2ccc(NS(=O)(=O)c3ccc(C(C)C)cc3)cn2)C1.CCC(=O)N1CC(c2ccc([N+](=O)[O-])cn2)C1. The molecule has 1 N–H and O–H groups in total. The van der Waals surface area contributed by atoms with Crippen LogP contribution < -0.4 is 4.72 Å². The minimum absolute atomic E-state index is 0.00503. The van der Waals surface area contributed by atoms with Crippen LogP contribution >= 0.6 is 0 Å². The fourth-order valence-corrected chi connectivity index (χ4v) is 5.93. The Morgan fingerprint density at radius 3 is 1.75 bits per heavy atom. The molecule has 3 aromatic rings. The second kappa shape index (κ2) is 13.9. The largest absolute Gasteiger partial charge is 0.341 e. The number of nitro groups is 1. The van der Waals surface area contributed by atoms with Crippen molar-refractivity contribution in [3.63, 3.8) is 0 Å². The molecule has 44 heavy (non-hydrogen) atoms. The predicted octanol–water partition coefficient (Wildman–Crippen LogP) is 4.67. The molecule has 0 atom stereocenters. The summed E-state index contributed by atoms with van der Waals surface area (Å²) < 4.78 is 27.6. The zero-order valence-electron chi connectivity index (χ0n) is 25.3. The van der Waals surface area contributed by atoms with Gasteiger partial charge in [-0.25, -0.2) is 8.42 Å². The van der Waals surface area contributed by atoms with Crippen LogP contribution in [0.4, 0.5) is 11.4 Å². The highest BCUT2D eigenvalue weighted by Gasteiger charge is 2.32. The molecule has 2 saturated heterocycles.